The second kappa shape index (κ2) is 10.1. The smallest absolute Gasteiger partial charge is 0.285 e. The Hall–Kier alpha value is -2.84. The van der Waals surface area contributed by atoms with Crippen molar-refractivity contribution in [2.24, 2.45) is 5.10 Å². The minimum absolute atomic E-state index is 0.0103. The Bertz CT molecular complexity index is 1050. The van der Waals surface area contributed by atoms with Crippen molar-refractivity contribution in [3.63, 3.8) is 0 Å². The average Bonchev–Trinajstić information content (AvgIpc) is 2.72. The van der Waals surface area contributed by atoms with Crippen LogP contribution in [0.1, 0.15) is 18.1 Å². The van der Waals surface area contributed by atoms with Crippen LogP contribution in [0.5, 0.6) is 11.5 Å². The largest absolute Gasteiger partial charge is 0.490 e. The Labute approximate surface area is 180 Å². The number of benzene rings is 2. The van der Waals surface area contributed by atoms with E-state index in [4.69, 9.17) is 21.1 Å². The predicted octanol–water partition coefficient (Wildman–Crippen LogP) is 4.61. The molecular weight excluding hydrogens is 460 g/mol. The summed E-state index contributed by atoms with van der Waals surface area (Å²) in [5.41, 5.74) is 4.35. The van der Waals surface area contributed by atoms with Gasteiger partial charge in [0, 0.05) is 4.47 Å². The molecule has 0 spiro atoms. The molecule has 0 aliphatic rings. The van der Waals surface area contributed by atoms with E-state index >= 15 is 0 Å². The molecule has 2 aromatic carbocycles. The summed E-state index contributed by atoms with van der Waals surface area (Å²) in [7, 11) is 0. The first-order valence-electron chi connectivity index (χ1n) is 8.73. The molecule has 3 rings (SSSR count). The third kappa shape index (κ3) is 5.82. The molecule has 0 amide bonds. The van der Waals surface area contributed by atoms with Crippen molar-refractivity contribution in [2.45, 2.75) is 13.5 Å². The van der Waals surface area contributed by atoms with Crippen molar-refractivity contribution in [2.75, 3.05) is 12.0 Å². The standard InChI is InChI=1S/C20H18BrClN4O3/c1-2-28-18-9-14(10-23-25-16-11-24-26-20(27)19(16)22)5-8-17(18)29-12-13-3-6-15(21)7-4-13/h3-11H,2,12H2,1H3,(H2,25,26,27). The zero-order chi connectivity index (χ0) is 20.6. The van der Waals surface area contributed by atoms with E-state index in [1.54, 1.807) is 6.21 Å². The SMILES string of the molecule is CCOc1cc(C=NNc2cn[nH]c(=O)c2Cl)ccc1OCc1ccc(Br)cc1. The predicted molar refractivity (Wildman–Crippen MR) is 117 cm³/mol. The third-order valence-corrected chi connectivity index (χ3v) is 4.67. The zero-order valence-corrected chi connectivity index (χ0v) is 17.8. The lowest BCUT2D eigenvalue weighted by molar-refractivity contribution is 0.269. The molecule has 150 valence electrons. The Morgan fingerprint density at radius 3 is 2.76 bits per heavy atom. The highest BCUT2D eigenvalue weighted by atomic mass is 79.9. The third-order valence-electron chi connectivity index (χ3n) is 3.77. The van der Waals surface area contributed by atoms with Crippen molar-refractivity contribution in [3.05, 3.63) is 79.6 Å². The summed E-state index contributed by atoms with van der Waals surface area (Å²) < 4.78 is 12.6. The van der Waals surface area contributed by atoms with Crippen molar-refractivity contribution in [3.8, 4) is 11.5 Å². The van der Waals surface area contributed by atoms with Crippen molar-refractivity contribution >= 4 is 39.4 Å². The van der Waals surface area contributed by atoms with E-state index in [0.717, 1.165) is 15.6 Å². The molecular formula is C20H18BrClN4O3. The number of hydrazone groups is 1. The van der Waals surface area contributed by atoms with Crippen LogP contribution in [0.4, 0.5) is 5.69 Å². The number of halogens is 2. The molecule has 3 aromatic rings. The number of aromatic nitrogens is 2. The van der Waals surface area contributed by atoms with Gasteiger partial charge in [0.05, 0.1) is 19.0 Å². The fourth-order valence-corrected chi connectivity index (χ4v) is 2.77. The Morgan fingerprint density at radius 2 is 2.00 bits per heavy atom. The number of H-pyrrole nitrogens is 1. The molecule has 0 unspecified atom stereocenters. The fourth-order valence-electron chi connectivity index (χ4n) is 2.37. The van der Waals surface area contributed by atoms with Crippen LogP contribution in [-0.2, 0) is 6.61 Å². The zero-order valence-electron chi connectivity index (χ0n) is 15.5. The summed E-state index contributed by atoms with van der Waals surface area (Å²) in [5, 5.41) is 10.00. The maximum atomic E-state index is 11.4. The van der Waals surface area contributed by atoms with Gasteiger partial charge in [0.1, 0.15) is 17.3 Å². The van der Waals surface area contributed by atoms with Gasteiger partial charge < -0.3 is 9.47 Å². The van der Waals surface area contributed by atoms with Crippen LogP contribution >= 0.6 is 27.5 Å². The van der Waals surface area contributed by atoms with Crippen LogP contribution in [-0.4, -0.2) is 23.0 Å². The highest BCUT2D eigenvalue weighted by Crippen LogP contribution is 2.29. The van der Waals surface area contributed by atoms with E-state index in [-0.39, 0.29) is 5.02 Å². The number of hydrogen-bond acceptors (Lipinski definition) is 6. The number of ether oxygens (including phenoxy) is 2. The molecule has 0 radical (unpaired) electrons. The van der Waals surface area contributed by atoms with Gasteiger partial charge in [-0.15, -0.1) is 0 Å². The van der Waals surface area contributed by atoms with Crippen molar-refractivity contribution < 1.29 is 9.47 Å². The summed E-state index contributed by atoms with van der Waals surface area (Å²) in [4.78, 5) is 11.4. The van der Waals surface area contributed by atoms with Gasteiger partial charge in [-0.2, -0.15) is 10.2 Å². The first kappa shape index (κ1) is 20.9. The minimum atomic E-state index is -0.488. The molecule has 1 heterocycles. The van der Waals surface area contributed by atoms with Crippen LogP contribution in [0.15, 0.2) is 63.0 Å². The second-order valence-electron chi connectivity index (χ2n) is 5.85. The highest BCUT2D eigenvalue weighted by molar-refractivity contribution is 9.10. The molecule has 0 fully saturated rings. The summed E-state index contributed by atoms with van der Waals surface area (Å²) in [5.74, 6) is 1.26. The highest BCUT2D eigenvalue weighted by Gasteiger charge is 2.07. The van der Waals surface area contributed by atoms with Gasteiger partial charge in [-0.1, -0.05) is 39.7 Å². The quantitative estimate of drug-likeness (QED) is 0.365. The molecule has 0 aliphatic carbocycles. The van der Waals surface area contributed by atoms with E-state index < -0.39 is 5.56 Å². The first-order chi connectivity index (χ1) is 14.1. The van der Waals surface area contributed by atoms with Gasteiger partial charge >= 0.3 is 0 Å². The number of rotatable bonds is 8. The lowest BCUT2D eigenvalue weighted by Crippen LogP contribution is -2.10. The number of hydrogen-bond donors (Lipinski definition) is 2. The number of aromatic amines is 1. The molecule has 29 heavy (non-hydrogen) atoms. The molecule has 0 aliphatic heterocycles. The summed E-state index contributed by atoms with van der Waals surface area (Å²) in [6.45, 7) is 2.83. The van der Waals surface area contributed by atoms with Crippen LogP contribution in [0.25, 0.3) is 0 Å². The molecule has 0 saturated carbocycles. The van der Waals surface area contributed by atoms with Gasteiger partial charge in [0.2, 0.25) is 0 Å². The number of anilines is 1. The normalized spacial score (nSPS) is 10.9. The summed E-state index contributed by atoms with van der Waals surface area (Å²) in [6, 6.07) is 13.4. The maximum absolute atomic E-state index is 11.4. The van der Waals surface area contributed by atoms with Gasteiger partial charge in [-0.05, 0) is 48.4 Å². The molecule has 0 atom stereocenters. The van der Waals surface area contributed by atoms with Gasteiger partial charge in [0.25, 0.3) is 5.56 Å². The Kier molecular flexibility index (Phi) is 7.26. The molecule has 1 aromatic heterocycles. The van der Waals surface area contributed by atoms with Crippen LogP contribution in [0.2, 0.25) is 5.02 Å². The maximum Gasteiger partial charge on any atom is 0.285 e. The van der Waals surface area contributed by atoms with E-state index in [0.29, 0.717) is 30.4 Å². The summed E-state index contributed by atoms with van der Waals surface area (Å²) >= 11 is 9.32. The van der Waals surface area contributed by atoms with Crippen molar-refractivity contribution in [1.29, 1.82) is 0 Å². The Balaban J connectivity index is 1.70. The van der Waals surface area contributed by atoms with Gasteiger partial charge in [-0.25, -0.2) is 5.10 Å². The second-order valence-corrected chi connectivity index (χ2v) is 7.14. The van der Waals surface area contributed by atoms with E-state index in [2.05, 4.69) is 36.7 Å². The van der Waals surface area contributed by atoms with Crippen LogP contribution < -0.4 is 20.5 Å². The van der Waals surface area contributed by atoms with E-state index in [9.17, 15) is 4.79 Å². The topological polar surface area (TPSA) is 88.6 Å². The van der Waals surface area contributed by atoms with E-state index in [1.165, 1.54) is 6.20 Å². The number of nitrogens with zero attached hydrogens (tertiary/aromatic N) is 2. The van der Waals surface area contributed by atoms with E-state index in [1.807, 2.05) is 49.4 Å². The first-order valence-corrected chi connectivity index (χ1v) is 9.90. The minimum Gasteiger partial charge on any atom is -0.490 e. The van der Waals surface area contributed by atoms with Gasteiger partial charge in [0.15, 0.2) is 11.5 Å². The molecule has 9 heteroatoms. The molecule has 7 nitrogen and oxygen atoms in total. The molecule has 0 bridgehead atoms. The lowest BCUT2D eigenvalue weighted by Gasteiger charge is -2.12. The lowest BCUT2D eigenvalue weighted by atomic mass is 10.2. The summed E-state index contributed by atoms with van der Waals surface area (Å²) in [6.07, 6.45) is 2.96. The molecule has 2 N–H and O–H groups in total. The van der Waals surface area contributed by atoms with Crippen LogP contribution in [0, 0.1) is 0 Å². The monoisotopic (exact) mass is 476 g/mol. The van der Waals surface area contributed by atoms with Gasteiger partial charge in [-0.3, -0.25) is 10.2 Å². The van der Waals surface area contributed by atoms with Crippen LogP contribution in [0.3, 0.4) is 0 Å². The fraction of sp³-hybridized carbons (Fsp3) is 0.150. The molecule has 0 saturated heterocycles. The Morgan fingerprint density at radius 1 is 1.21 bits per heavy atom. The number of nitrogens with one attached hydrogen (secondary N) is 2. The van der Waals surface area contributed by atoms with Crippen molar-refractivity contribution in [1.82, 2.24) is 10.2 Å². The average molecular weight is 478 g/mol.